The molecule has 0 saturated heterocycles. The van der Waals surface area contributed by atoms with Crippen molar-refractivity contribution < 1.29 is 18.7 Å². The molecule has 2 amide bonds. The van der Waals surface area contributed by atoms with Crippen LogP contribution in [0.2, 0.25) is 5.02 Å². The first-order valence-corrected chi connectivity index (χ1v) is 9.99. The third kappa shape index (κ3) is 7.06. The molecule has 0 aliphatic carbocycles. The minimum atomic E-state index is -0.701. The van der Waals surface area contributed by atoms with Gasteiger partial charge >= 0.3 is 0 Å². The number of carbonyl (C=O) groups is 2. The van der Waals surface area contributed by atoms with Crippen LogP contribution in [0.4, 0.5) is 4.39 Å². The number of amides is 2. The first-order chi connectivity index (χ1) is 13.9. The number of hydrogen-bond acceptors (Lipinski definition) is 3. The summed E-state index contributed by atoms with van der Waals surface area (Å²) in [4.78, 5) is 26.8. The van der Waals surface area contributed by atoms with E-state index in [9.17, 15) is 14.0 Å². The zero-order valence-corrected chi connectivity index (χ0v) is 17.4. The van der Waals surface area contributed by atoms with Gasteiger partial charge in [-0.3, -0.25) is 9.59 Å². The maximum absolute atomic E-state index is 13.0. The number of hydrogen-bond donors (Lipinski definition) is 1. The van der Waals surface area contributed by atoms with Crippen molar-refractivity contribution in [1.82, 2.24) is 10.2 Å². The average molecular weight is 421 g/mol. The van der Waals surface area contributed by atoms with Crippen LogP contribution in [0.25, 0.3) is 0 Å². The summed E-state index contributed by atoms with van der Waals surface area (Å²) in [5.41, 5.74) is 0.734. The van der Waals surface area contributed by atoms with Gasteiger partial charge in [-0.1, -0.05) is 43.1 Å². The number of benzene rings is 2. The summed E-state index contributed by atoms with van der Waals surface area (Å²) in [7, 11) is 0. The molecule has 2 rings (SSSR count). The number of unbranched alkanes of at least 4 members (excludes halogenated alkanes) is 1. The van der Waals surface area contributed by atoms with Crippen molar-refractivity contribution in [2.45, 2.75) is 39.3 Å². The van der Waals surface area contributed by atoms with Crippen LogP contribution < -0.4 is 10.1 Å². The van der Waals surface area contributed by atoms with E-state index in [0.29, 0.717) is 17.3 Å². The van der Waals surface area contributed by atoms with E-state index < -0.39 is 6.04 Å². The molecule has 1 N–H and O–H groups in total. The predicted octanol–water partition coefficient (Wildman–Crippen LogP) is 4.19. The Labute approximate surface area is 175 Å². The number of halogens is 2. The molecule has 0 spiro atoms. The maximum Gasteiger partial charge on any atom is 0.261 e. The first-order valence-electron chi connectivity index (χ1n) is 9.61. The molecular formula is C22H26ClFN2O3. The molecule has 0 fully saturated rings. The van der Waals surface area contributed by atoms with E-state index in [1.807, 2.05) is 19.1 Å². The Hall–Kier alpha value is -2.60. The monoisotopic (exact) mass is 420 g/mol. The second-order valence-corrected chi connectivity index (χ2v) is 7.08. The van der Waals surface area contributed by atoms with Crippen LogP contribution in [0.1, 0.15) is 32.3 Å². The lowest BCUT2D eigenvalue weighted by molar-refractivity contribution is -0.142. The minimum absolute atomic E-state index is 0.174. The second-order valence-electron chi connectivity index (χ2n) is 6.68. The van der Waals surface area contributed by atoms with E-state index in [0.717, 1.165) is 18.4 Å². The molecular weight excluding hydrogens is 395 g/mol. The highest BCUT2D eigenvalue weighted by molar-refractivity contribution is 6.31. The molecule has 2 aromatic carbocycles. The molecule has 1 atom stereocenters. The molecule has 0 aliphatic rings. The molecule has 0 heterocycles. The van der Waals surface area contributed by atoms with Crippen molar-refractivity contribution in [2.24, 2.45) is 0 Å². The highest BCUT2D eigenvalue weighted by atomic mass is 35.5. The SMILES string of the molecule is CCCCNC(=O)[C@H](C)N(Cc1ccccc1Cl)C(=O)COc1ccc(F)cc1. The van der Waals surface area contributed by atoms with Crippen LogP contribution in [0.3, 0.4) is 0 Å². The topological polar surface area (TPSA) is 58.6 Å². The highest BCUT2D eigenvalue weighted by Gasteiger charge is 2.26. The Morgan fingerprint density at radius 3 is 2.52 bits per heavy atom. The van der Waals surface area contributed by atoms with E-state index >= 15 is 0 Å². The molecule has 0 bridgehead atoms. The van der Waals surface area contributed by atoms with Crippen molar-refractivity contribution in [3.05, 3.63) is 64.9 Å². The largest absolute Gasteiger partial charge is 0.484 e. The molecule has 7 heteroatoms. The minimum Gasteiger partial charge on any atom is -0.484 e. The highest BCUT2D eigenvalue weighted by Crippen LogP contribution is 2.19. The van der Waals surface area contributed by atoms with Gasteiger partial charge in [-0.05, 0) is 49.2 Å². The fourth-order valence-corrected chi connectivity index (χ4v) is 2.88. The Morgan fingerprint density at radius 1 is 1.17 bits per heavy atom. The van der Waals surface area contributed by atoms with Crippen LogP contribution in [0, 0.1) is 5.82 Å². The van der Waals surface area contributed by atoms with Gasteiger partial charge in [-0.15, -0.1) is 0 Å². The second kappa shape index (κ2) is 11.4. The van der Waals surface area contributed by atoms with Crippen LogP contribution in [0.5, 0.6) is 5.75 Å². The Bertz CT molecular complexity index is 814. The lowest BCUT2D eigenvalue weighted by Crippen LogP contribution is -2.49. The van der Waals surface area contributed by atoms with Gasteiger partial charge in [0.2, 0.25) is 5.91 Å². The Kier molecular flexibility index (Phi) is 8.93. The van der Waals surface area contributed by atoms with Gasteiger partial charge < -0.3 is 15.0 Å². The average Bonchev–Trinajstić information content (AvgIpc) is 2.72. The number of nitrogens with zero attached hydrogens (tertiary/aromatic N) is 1. The van der Waals surface area contributed by atoms with E-state index in [4.69, 9.17) is 16.3 Å². The summed E-state index contributed by atoms with van der Waals surface area (Å²) in [5, 5.41) is 3.37. The summed E-state index contributed by atoms with van der Waals surface area (Å²) in [6.45, 7) is 4.17. The molecule has 0 saturated carbocycles. The Morgan fingerprint density at radius 2 is 1.86 bits per heavy atom. The fraction of sp³-hybridized carbons (Fsp3) is 0.364. The summed E-state index contributed by atoms with van der Waals surface area (Å²) in [5.74, 6) is -0.619. The predicted molar refractivity (Wildman–Crippen MR) is 111 cm³/mol. The summed E-state index contributed by atoms with van der Waals surface area (Å²) in [6.07, 6.45) is 1.83. The standard InChI is InChI=1S/C22H26ClFN2O3/c1-3-4-13-25-22(28)16(2)26(14-17-7-5-6-8-20(17)23)21(27)15-29-19-11-9-18(24)10-12-19/h5-12,16H,3-4,13-15H2,1-2H3,(H,25,28)/t16-/m0/s1. The van der Waals surface area contributed by atoms with Gasteiger partial charge in [0, 0.05) is 18.1 Å². The zero-order valence-electron chi connectivity index (χ0n) is 16.7. The van der Waals surface area contributed by atoms with Crippen molar-refractivity contribution in [2.75, 3.05) is 13.2 Å². The van der Waals surface area contributed by atoms with Crippen molar-refractivity contribution in [3.63, 3.8) is 0 Å². The molecule has 2 aromatic rings. The molecule has 0 aromatic heterocycles. The molecule has 29 heavy (non-hydrogen) atoms. The smallest absolute Gasteiger partial charge is 0.261 e. The van der Waals surface area contributed by atoms with Crippen LogP contribution in [0.15, 0.2) is 48.5 Å². The van der Waals surface area contributed by atoms with Crippen LogP contribution in [-0.4, -0.2) is 35.9 Å². The number of ether oxygens (including phenoxy) is 1. The number of nitrogens with one attached hydrogen (secondary N) is 1. The number of rotatable bonds is 10. The van der Waals surface area contributed by atoms with Gasteiger partial charge in [0.15, 0.2) is 6.61 Å². The first kappa shape index (κ1) is 22.7. The molecule has 5 nitrogen and oxygen atoms in total. The van der Waals surface area contributed by atoms with Crippen LogP contribution in [-0.2, 0) is 16.1 Å². The third-order valence-corrected chi connectivity index (χ3v) is 4.84. The van der Waals surface area contributed by atoms with Crippen molar-refractivity contribution >= 4 is 23.4 Å². The van der Waals surface area contributed by atoms with E-state index in [-0.39, 0.29) is 30.8 Å². The van der Waals surface area contributed by atoms with E-state index in [1.54, 1.807) is 19.1 Å². The van der Waals surface area contributed by atoms with E-state index in [2.05, 4.69) is 5.32 Å². The Balaban J connectivity index is 2.11. The number of carbonyl (C=O) groups excluding carboxylic acids is 2. The zero-order chi connectivity index (χ0) is 21.2. The summed E-state index contributed by atoms with van der Waals surface area (Å²) in [6, 6.07) is 11.9. The van der Waals surface area contributed by atoms with Gasteiger partial charge in [-0.2, -0.15) is 0 Å². The lowest BCUT2D eigenvalue weighted by Gasteiger charge is -2.29. The maximum atomic E-state index is 13.0. The molecule has 0 aliphatic heterocycles. The van der Waals surface area contributed by atoms with Gasteiger partial charge in [0.1, 0.15) is 17.6 Å². The third-order valence-electron chi connectivity index (χ3n) is 4.47. The van der Waals surface area contributed by atoms with Gasteiger partial charge in [0.25, 0.3) is 5.91 Å². The van der Waals surface area contributed by atoms with Gasteiger partial charge in [0.05, 0.1) is 0 Å². The molecule has 0 unspecified atom stereocenters. The van der Waals surface area contributed by atoms with Crippen molar-refractivity contribution in [3.8, 4) is 5.75 Å². The quantitative estimate of drug-likeness (QED) is 0.586. The fourth-order valence-electron chi connectivity index (χ4n) is 2.69. The van der Waals surface area contributed by atoms with Crippen molar-refractivity contribution in [1.29, 1.82) is 0 Å². The lowest BCUT2D eigenvalue weighted by atomic mass is 10.1. The summed E-state index contributed by atoms with van der Waals surface area (Å²) < 4.78 is 18.5. The summed E-state index contributed by atoms with van der Waals surface area (Å²) >= 11 is 6.24. The van der Waals surface area contributed by atoms with Crippen LogP contribution >= 0.6 is 11.6 Å². The van der Waals surface area contributed by atoms with E-state index in [1.165, 1.54) is 29.2 Å². The molecule has 0 radical (unpaired) electrons. The normalized spacial score (nSPS) is 11.6. The molecule has 156 valence electrons. The van der Waals surface area contributed by atoms with Gasteiger partial charge in [-0.25, -0.2) is 4.39 Å².